The number of halogens is 4. The highest BCUT2D eigenvalue weighted by molar-refractivity contribution is 6.07. The molecule has 89 heavy (non-hydrogen) atoms. The van der Waals surface area contributed by atoms with Gasteiger partial charge >= 0.3 is 18.0 Å². The van der Waals surface area contributed by atoms with Crippen molar-refractivity contribution in [3.63, 3.8) is 0 Å². The maximum absolute atomic E-state index is 15.0. The van der Waals surface area contributed by atoms with Crippen LogP contribution in [0.5, 0.6) is 0 Å². The number of carboxylic acid groups (broad SMARTS) is 1. The molecule has 27 heteroatoms. The van der Waals surface area contributed by atoms with E-state index in [4.69, 9.17) is 10.7 Å². The second-order valence-corrected chi connectivity index (χ2v) is 21.2. The largest absolute Gasteiger partial charge is 0.478 e. The summed E-state index contributed by atoms with van der Waals surface area (Å²) < 4.78 is 59.5. The number of benzene rings is 6. The number of para-hydroxylation sites is 2. The molecule has 23 nitrogen and oxygen atoms in total. The number of likely N-dealkylation sites (N-methyl/N-ethyl adjacent to an activating group) is 2. The first-order valence-electron chi connectivity index (χ1n) is 27.7. The second-order valence-electron chi connectivity index (χ2n) is 21.2. The van der Waals surface area contributed by atoms with Gasteiger partial charge in [-0.2, -0.15) is 20.2 Å². The minimum Gasteiger partial charge on any atom is -0.478 e. The fraction of sp³-hybridized carbons (Fsp3) is 0.194. The normalized spacial score (nSPS) is 12.6. The van der Waals surface area contributed by atoms with Crippen molar-refractivity contribution in [3.05, 3.63) is 178 Å². The van der Waals surface area contributed by atoms with Crippen molar-refractivity contribution in [2.45, 2.75) is 26.9 Å². The summed E-state index contributed by atoms with van der Waals surface area (Å²) in [5.74, 6) is -4.80. The zero-order valence-electron chi connectivity index (χ0n) is 48.9. The molecule has 0 fully saturated rings. The molecule has 0 aliphatic carbocycles. The quantitative estimate of drug-likeness (QED) is 0.0341. The van der Waals surface area contributed by atoms with Crippen LogP contribution < -0.4 is 42.1 Å². The molecule has 10 N–H and O–H groups in total. The molecule has 10 aromatic rings. The molecule has 6 heterocycles. The van der Waals surface area contributed by atoms with E-state index in [1.54, 1.807) is 55.7 Å². The van der Waals surface area contributed by atoms with Gasteiger partial charge in [0.25, 0.3) is 5.91 Å². The van der Waals surface area contributed by atoms with Crippen LogP contribution in [0.25, 0.3) is 44.3 Å². The number of nitrogens with zero attached hydrogens (tertiary/aromatic N) is 10. The van der Waals surface area contributed by atoms with E-state index in [9.17, 15) is 41.8 Å². The van der Waals surface area contributed by atoms with E-state index < -0.39 is 52.7 Å². The third-order valence-electron chi connectivity index (χ3n) is 14.3. The van der Waals surface area contributed by atoms with E-state index in [2.05, 4.69) is 61.9 Å². The number of urea groups is 2. The lowest BCUT2D eigenvalue weighted by atomic mass is 9.97. The van der Waals surface area contributed by atoms with Gasteiger partial charge in [0.2, 0.25) is 11.9 Å². The van der Waals surface area contributed by atoms with Gasteiger partial charge in [0.1, 0.15) is 34.6 Å². The first-order chi connectivity index (χ1) is 42.7. The lowest BCUT2D eigenvalue weighted by Crippen LogP contribution is -2.43. The number of anilines is 8. The Morgan fingerprint density at radius 2 is 1.04 bits per heavy atom. The third-order valence-corrected chi connectivity index (χ3v) is 14.3. The van der Waals surface area contributed by atoms with Gasteiger partial charge in [0, 0.05) is 76.1 Å². The van der Waals surface area contributed by atoms with Gasteiger partial charge in [0.05, 0.1) is 53.5 Å². The summed E-state index contributed by atoms with van der Waals surface area (Å²) in [6.45, 7) is 5.89. The smallest absolute Gasteiger partial charge is 0.335 e. The molecule has 0 atom stereocenters. The fourth-order valence-electron chi connectivity index (χ4n) is 9.73. The molecule has 0 saturated carbocycles. The van der Waals surface area contributed by atoms with Crippen molar-refractivity contribution >= 4 is 92.0 Å². The van der Waals surface area contributed by atoms with Crippen LogP contribution in [0.4, 0.5) is 73.4 Å². The van der Waals surface area contributed by atoms with Crippen LogP contribution in [0, 0.1) is 37.1 Å². The van der Waals surface area contributed by atoms with Gasteiger partial charge in [-0.3, -0.25) is 15.0 Å². The van der Waals surface area contributed by atoms with Crippen LogP contribution in [0.1, 0.15) is 43.0 Å². The van der Waals surface area contributed by atoms with Crippen LogP contribution in [-0.4, -0.2) is 134 Å². The maximum atomic E-state index is 15.0. The summed E-state index contributed by atoms with van der Waals surface area (Å²) in [5, 5.41) is 39.6. The summed E-state index contributed by atoms with van der Waals surface area (Å²) in [5.41, 5.74) is 12.2. The fourth-order valence-corrected chi connectivity index (χ4v) is 9.73. The zero-order chi connectivity index (χ0) is 63.2. The van der Waals surface area contributed by atoms with Crippen molar-refractivity contribution in [3.8, 4) is 22.5 Å². The lowest BCUT2D eigenvalue weighted by Gasteiger charge is -2.31. The van der Waals surface area contributed by atoms with Gasteiger partial charge in [-0.15, -0.1) is 0 Å². The molecule has 4 aromatic heterocycles. The van der Waals surface area contributed by atoms with Crippen molar-refractivity contribution in [1.29, 1.82) is 0 Å². The molecule has 456 valence electrons. The number of rotatable bonds is 15. The second kappa shape index (κ2) is 26.3. The molecule has 0 saturated heterocycles. The number of nitrogen functional groups attached to an aromatic ring is 1. The zero-order valence-corrected chi connectivity index (χ0v) is 48.9. The highest BCUT2D eigenvalue weighted by atomic mass is 19.1. The van der Waals surface area contributed by atoms with E-state index in [-0.39, 0.29) is 48.1 Å². The first kappa shape index (κ1) is 61.0. The highest BCUT2D eigenvalue weighted by Gasteiger charge is 2.36. The topological polar surface area (TPSA) is 297 Å². The number of fused-ring (bicyclic) bond motifs is 4. The Balaban J connectivity index is 0.000000172. The van der Waals surface area contributed by atoms with Crippen molar-refractivity contribution in [1.82, 2.24) is 60.8 Å². The Morgan fingerprint density at radius 3 is 1.52 bits per heavy atom. The van der Waals surface area contributed by atoms with E-state index >= 15 is 0 Å². The highest BCUT2D eigenvalue weighted by Crippen LogP contribution is 2.41. The molecule has 0 spiro atoms. The predicted octanol–water partition coefficient (Wildman–Crippen LogP) is 10.1. The van der Waals surface area contributed by atoms with Crippen LogP contribution in [0.2, 0.25) is 0 Å². The van der Waals surface area contributed by atoms with Crippen LogP contribution in [0.15, 0.2) is 122 Å². The average molecular weight is 1210 g/mol. The number of nitrogens with one attached hydrogen (secondary N) is 7. The van der Waals surface area contributed by atoms with E-state index in [0.717, 1.165) is 72.7 Å². The number of carbonyl (C=O) groups excluding carboxylic acids is 3. The molecule has 5 amide bonds. The molecule has 2 aliphatic heterocycles. The number of amides is 5. The summed E-state index contributed by atoms with van der Waals surface area (Å²) >= 11 is 0. The van der Waals surface area contributed by atoms with Crippen LogP contribution in [-0.2, 0) is 13.1 Å². The molecule has 0 radical (unpaired) electrons. The Morgan fingerprint density at radius 1 is 0.596 bits per heavy atom. The van der Waals surface area contributed by atoms with Crippen molar-refractivity contribution in [2.24, 2.45) is 0 Å². The van der Waals surface area contributed by atoms with Crippen molar-refractivity contribution < 1.29 is 41.8 Å². The van der Waals surface area contributed by atoms with Gasteiger partial charge in [-0.25, -0.2) is 51.7 Å². The molecular weight excluding hydrogens is 1150 g/mol. The third kappa shape index (κ3) is 13.5. The maximum Gasteiger partial charge on any atom is 0.335 e. The number of carbonyl (C=O) groups is 4. The monoisotopic (exact) mass is 1210 g/mol. The summed E-state index contributed by atoms with van der Waals surface area (Å²) in [7, 11) is 7.63. The SMILES string of the molecule is Cc1ccc(C(=O)Nc2ccc3cn[nH]c3c2)cc1-c1nc(NCCN(C)C)nc2c1CNC(=O)N2c1c(F)cccc1F.Cc1ccc(C(=O)O)cc1-c1nc(NCCN(C)C)nc2c1CNC(=O)N2c1c(F)cccc1F.Nc1ccc2cn[nH]c2c1. The number of hydrogen-bond acceptors (Lipinski definition) is 15. The Labute approximate surface area is 506 Å². The van der Waals surface area contributed by atoms with E-state index in [1.807, 2.05) is 69.2 Å². The molecular formula is C62H60F4N18O5. The minimum atomic E-state index is -1.11. The summed E-state index contributed by atoms with van der Waals surface area (Å²) in [4.78, 5) is 75.0. The molecule has 2 aliphatic rings. The molecule has 0 bridgehead atoms. The van der Waals surface area contributed by atoms with Gasteiger partial charge in [-0.1, -0.05) is 24.3 Å². The van der Waals surface area contributed by atoms with E-state index in [1.165, 1.54) is 24.3 Å². The number of H-pyrrole nitrogens is 2. The number of aromatic amines is 2. The number of carboxylic acids is 1. The number of hydrogen-bond donors (Lipinski definition) is 9. The molecule has 0 unspecified atom stereocenters. The van der Waals surface area contributed by atoms with Crippen molar-refractivity contribution in [2.75, 3.05) is 85.9 Å². The number of aromatic nitrogens is 8. The molecule has 6 aromatic carbocycles. The summed E-state index contributed by atoms with van der Waals surface area (Å²) in [6, 6.07) is 26.1. The van der Waals surface area contributed by atoms with Crippen LogP contribution >= 0.6 is 0 Å². The number of nitrogens with two attached hydrogens (primary N) is 1. The standard InChI is InChI=1S/C31H29F2N9O2.C24H24F2N6O3.C7H7N3/c1-17-7-8-18(29(43)37-20-10-9-19-15-36-40-25(19)14-20)13-21(17)26-22-16-35-31(44)42(27-23(32)5-4-6-24(27)33)28(22)39-30(38-26)34-11-12-41(2)3;1-13-7-8-14(22(33)34)11-15(13)19-16-12-28-24(35)32(20-17(25)5-4-6-18(20)26)21(16)30-23(29-19)27-9-10-31(2)3;8-6-2-1-5-4-9-10-7(5)3-6/h4-10,13-15H,11-12,16H2,1-3H3,(H,35,44)(H,36,40)(H,37,43)(H,34,38,39);4-8,11H,9-10,12H2,1-3H3,(H,28,35)(H,33,34)(H,27,29,30);1-4H,8H2,(H,9,10). The Bertz CT molecular complexity index is 4310. The van der Waals surface area contributed by atoms with Gasteiger partial charge in [-0.05, 0) is 138 Å². The number of aryl methyl sites for hydroxylation is 2. The number of aromatic carboxylic acids is 1. The van der Waals surface area contributed by atoms with Crippen LogP contribution in [0.3, 0.4) is 0 Å². The minimum absolute atomic E-state index is 0.00805. The predicted molar refractivity (Wildman–Crippen MR) is 331 cm³/mol. The van der Waals surface area contributed by atoms with Gasteiger partial charge < -0.3 is 47.2 Å². The Hall–Kier alpha value is -11.1. The summed E-state index contributed by atoms with van der Waals surface area (Å²) in [6.07, 6.45) is 3.47. The lowest BCUT2D eigenvalue weighted by molar-refractivity contribution is 0.0696. The van der Waals surface area contributed by atoms with Gasteiger partial charge in [0.15, 0.2) is 11.6 Å². The van der Waals surface area contributed by atoms with E-state index in [0.29, 0.717) is 71.1 Å². The first-order valence-corrected chi connectivity index (χ1v) is 27.7. The molecule has 12 rings (SSSR count). The Kier molecular flexibility index (Phi) is 18.0. The average Bonchev–Trinajstić information content (AvgIpc) is 1.36.